The van der Waals surface area contributed by atoms with E-state index in [0.717, 1.165) is 8.66 Å². The van der Waals surface area contributed by atoms with E-state index < -0.39 is 0 Å². The van der Waals surface area contributed by atoms with Crippen molar-refractivity contribution in [2.24, 2.45) is 5.16 Å². The van der Waals surface area contributed by atoms with Crippen molar-refractivity contribution in [1.29, 1.82) is 0 Å². The van der Waals surface area contributed by atoms with Crippen molar-refractivity contribution in [1.82, 2.24) is 0 Å². The van der Waals surface area contributed by atoms with Crippen LogP contribution in [-0.4, -0.2) is 9.83 Å². The van der Waals surface area contributed by atoms with E-state index in [1.165, 1.54) is 9.40 Å². The lowest BCUT2D eigenvalue weighted by atomic mass is 10.5. The molecular weight excluding hydrogens is 338 g/mol. The van der Waals surface area contributed by atoms with Crippen LogP contribution >= 0.6 is 54.5 Å². The highest BCUT2D eigenvalue weighted by Crippen LogP contribution is 2.36. The molecule has 0 bridgehead atoms. The number of rotatable bonds is 1. The maximum absolute atomic E-state index is 8.55. The summed E-state index contributed by atoms with van der Waals surface area (Å²) >= 11 is 9.85. The van der Waals surface area contributed by atoms with Crippen molar-refractivity contribution in [2.75, 3.05) is 0 Å². The van der Waals surface area contributed by atoms with E-state index in [0.29, 0.717) is 4.62 Å². The van der Waals surface area contributed by atoms with Crippen LogP contribution in [0.1, 0.15) is 4.88 Å². The molecule has 13 heavy (non-hydrogen) atoms. The molecule has 0 saturated heterocycles. The van der Waals surface area contributed by atoms with Crippen LogP contribution in [0.25, 0.3) is 9.40 Å². The highest BCUT2D eigenvalue weighted by Gasteiger charge is 2.08. The Morgan fingerprint density at radius 3 is 2.62 bits per heavy atom. The Morgan fingerprint density at radius 2 is 2.00 bits per heavy atom. The summed E-state index contributed by atoms with van der Waals surface area (Å²) in [7, 11) is 0. The Morgan fingerprint density at radius 1 is 1.31 bits per heavy atom. The maximum atomic E-state index is 8.55. The van der Waals surface area contributed by atoms with E-state index in [1.54, 1.807) is 22.7 Å². The molecule has 0 saturated carbocycles. The van der Waals surface area contributed by atoms with Gasteiger partial charge in [-0.05, 0) is 44.0 Å². The summed E-state index contributed by atoms with van der Waals surface area (Å²) in [6.07, 6.45) is 0. The minimum Gasteiger partial charge on any atom is -0.410 e. The van der Waals surface area contributed by atoms with Gasteiger partial charge >= 0.3 is 0 Å². The van der Waals surface area contributed by atoms with E-state index >= 15 is 0 Å². The lowest BCUT2D eigenvalue weighted by Gasteiger charge is -1.86. The van der Waals surface area contributed by atoms with Gasteiger partial charge in [0.05, 0.1) is 8.66 Å². The molecule has 0 fully saturated rings. The maximum Gasteiger partial charge on any atom is 0.162 e. The molecule has 2 rings (SSSR count). The van der Waals surface area contributed by atoms with Gasteiger partial charge in [0.2, 0.25) is 0 Å². The minimum atomic E-state index is 0.483. The minimum absolute atomic E-state index is 0.483. The van der Waals surface area contributed by atoms with E-state index in [9.17, 15) is 0 Å². The molecule has 0 aromatic carbocycles. The van der Waals surface area contributed by atoms with E-state index in [2.05, 4.69) is 43.1 Å². The van der Waals surface area contributed by atoms with Crippen LogP contribution in [0.3, 0.4) is 0 Å². The molecule has 68 valence electrons. The molecule has 0 atom stereocenters. The fraction of sp³-hybridized carbons (Fsp3) is 0. The summed E-state index contributed by atoms with van der Waals surface area (Å²) in [6.45, 7) is 0. The van der Waals surface area contributed by atoms with Crippen LogP contribution in [0.15, 0.2) is 21.1 Å². The highest BCUT2D eigenvalue weighted by molar-refractivity contribution is 9.18. The summed E-state index contributed by atoms with van der Waals surface area (Å²) < 4.78 is 4.01. The van der Waals surface area contributed by atoms with E-state index in [-0.39, 0.29) is 0 Å². The molecule has 2 aromatic heterocycles. The molecule has 0 amide bonds. The lowest BCUT2D eigenvalue weighted by molar-refractivity contribution is 0.321. The van der Waals surface area contributed by atoms with Crippen LogP contribution in [0.2, 0.25) is 0 Å². The topological polar surface area (TPSA) is 32.6 Å². The molecule has 0 spiro atoms. The normalized spacial score (nSPS) is 12.6. The Bertz CT molecular complexity index is 442. The monoisotopic (exact) mass is 339 g/mol. The molecule has 1 N–H and O–H groups in total. The first-order chi connectivity index (χ1) is 6.20. The molecule has 2 nitrogen and oxygen atoms in total. The van der Waals surface area contributed by atoms with Crippen molar-refractivity contribution in [3.05, 3.63) is 20.8 Å². The van der Waals surface area contributed by atoms with Crippen molar-refractivity contribution in [3.63, 3.8) is 0 Å². The summed E-state index contributed by atoms with van der Waals surface area (Å²) in [4.78, 5) is 0.941. The Kier molecular flexibility index (Phi) is 2.73. The molecule has 6 heteroatoms. The highest BCUT2D eigenvalue weighted by atomic mass is 79.9. The third-order valence-corrected chi connectivity index (χ3v) is 5.12. The van der Waals surface area contributed by atoms with Crippen LogP contribution in [-0.2, 0) is 0 Å². The molecule has 0 aliphatic carbocycles. The van der Waals surface area contributed by atoms with Crippen LogP contribution in [0.5, 0.6) is 0 Å². The lowest BCUT2D eigenvalue weighted by Crippen LogP contribution is -1.82. The zero-order valence-electron chi connectivity index (χ0n) is 6.12. The third-order valence-electron chi connectivity index (χ3n) is 1.47. The number of fused-ring (bicyclic) bond motifs is 1. The van der Waals surface area contributed by atoms with Gasteiger partial charge in [0.25, 0.3) is 0 Å². The first-order valence-corrected chi connectivity index (χ1v) is 6.49. The molecule has 2 aromatic rings. The summed E-state index contributed by atoms with van der Waals surface area (Å²) in [6, 6.07) is 4.06. The number of thiophene rings is 2. The first kappa shape index (κ1) is 9.64. The zero-order valence-corrected chi connectivity index (χ0v) is 10.9. The predicted molar refractivity (Wildman–Crippen MR) is 64.7 cm³/mol. The first-order valence-electron chi connectivity index (χ1n) is 3.27. The summed E-state index contributed by atoms with van der Waals surface area (Å²) in [5.41, 5.74) is 0. The Hall–Kier alpha value is 0.0900. The van der Waals surface area contributed by atoms with Crippen molar-refractivity contribution < 1.29 is 5.21 Å². The largest absolute Gasteiger partial charge is 0.410 e. The van der Waals surface area contributed by atoms with Gasteiger partial charge in [0.1, 0.15) is 0 Å². The predicted octanol–water partition coefficient (Wildman–Crippen LogP) is 4.26. The molecule has 0 unspecified atom stereocenters. The SMILES string of the molecule is O/N=C(\Br)c1cc2sc(Br)cc2s1. The van der Waals surface area contributed by atoms with Crippen LogP contribution in [0.4, 0.5) is 0 Å². The smallest absolute Gasteiger partial charge is 0.162 e. The van der Waals surface area contributed by atoms with Gasteiger partial charge in [-0.3, -0.25) is 0 Å². The van der Waals surface area contributed by atoms with Gasteiger partial charge in [-0.25, -0.2) is 0 Å². The number of halogens is 2. The Balaban J connectivity index is 2.57. The summed E-state index contributed by atoms with van der Waals surface area (Å²) in [5, 5.41) is 11.6. The zero-order chi connectivity index (χ0) is 9.42. The standard InChI is InChI=1S/C7H3Br2NOS2/c8-6-2-4-3(13-6)1-5(12-4)7(9)10-11/h1-2,11H/b10-7-. The average molecular weight is 341 g/mol. The fourth-order valence-electron chi connectivity index (χ4n) is 0.957. The number of hydrogen-bond acceptors (Lipinski definition) is 4. The molecule has 0 aliphatic heterocycles. The molecule has 2 heterocycles. The van der Waals surface area contributed by atoms with Gasteiger partial charge in [-0.1, -0.05) is 5.16 Å². The number of nitrogens with zero attached hydrogens (tertiary/aromatic N) is 1. The van der Waals surface area contributed by atoms with Gasteiger partial charge in [-0.15, -0.1) is 22.7 Å². The van der Waals surface area contributed by atoms with Gasteiger partial charge in [0.15, 0.2) is 4.62 Å². The van der Waals surface area contributed by atoms with Crippen molar-refractivity contribution >= 4 is 68.6 Å². The van der Waals surface area contributed by atoms with Crippen molar-refractivity contribution in [2.45, 2.75) is 0 Å². The van der Waals surface area contributed by atoms with Gasteiger partial charge in [-0.2, -0.15) is 0 Å². The van der Waals surface area contributed by atoms with Crippen LogP contribution < -0.4 is 0 Å². The molecular formula is C7H3Br2NOS2. The number of hydrogen-bond donors (Lipinski definition) is 1. The van der Waals surface area contributed by atoms with Gasteiger partial charge in [0, 0.05) is 9.40 Å². The van der Waals surface area contributed by atoms with Crippen LogP contribution in [0, 0.1) is 0 Å². The molecule has 0 aliphatic rings. The second-order valence-corrected chi connectivity index (χ2v) is 6.58. The molecule has 0 radical (unpaired) electrons. The summed E-state index contributed by atoms with van der Waals surface area (Å²) in [5.74, 6) is 0. The van der Waals surface area contributed by atoms with E-state index in [1.807, 2.05) is 6.07 Å². The third kappa shape index (κ3) is 1.81. The van der Waals surface area contributed by atoms with Crippen molar-refractivity contribution in [3.8, 4) is 0 Å². The quantitative estimate of drug-likeness (QED) is 0.469. The number of oxime groups is 1. The Labute approximate surface area is 99.1 Å². The fourth-order valence-corrected chi connectivity index (χ4v) is 4.22. The van der Waals surface area contributed by atoms with E-state index in [4.69, 9.17) is 5.21 Å². The second kappa shape index (κ2) is 3.68. The second-order valence-electron chi connectivity index (χ2n) is 2.28. The van der Waals surface area contributed by atoms with Gasteiger partial charge < -0.3 is 5.21 Å². The average Bonchev–Trinajstić information content (AvgIpc) is 2.59.